The van der Waals surface area contributed by atoms with Gasteiger partial charge in [0.1, 0.15) is 0 Å². The van der Waals surface area contributed by atoms with Gasteiger partial charge in [0.25, 0.3) is 0 Å². The van der Waals surface area contributed by atoms with Crippen molar-refractivity contribution < 1.29 is 30.0 Å². The molecule has 0 heterocycles. The van der Waals surface area contributed by atoms with Gasteiger partial charge < -0.3 is 20.4 Å². The molecule has 1 aliphatic carbocycles. The van der Waals surface area contributed by atoms with Crippen LogP contribution in [0.25, 0.3) is 0 Å². The summed E-state index contributed by atoms with van der Waals surface area (Å²) in [5.41, 5.74) is 0.662. The summed E-state index contributed by atoms with van der Waals surface area (Å²) in [4.78, 5) is 20.4. The first kappa shape index (κ1) is 24.3. The number of carboxylic acid groups (broad SMARTS) is 2. The van der Waals surface area contributed by atoms with Crippen molar-refractivity contribution in [3.05, 3.63) is 71.8 Å². The monoisotopic (exact) mass is 402 g/mol. The summed E-state index contributed by atoms with van der Waals surface area (Å²) in [6, 6.07) is 16.6. The van der Waals surface area contributed by atoms with Gasteiger partial charge in [-0.2, -0.15) is 0 Å². The number of rotatable bonds is 5. The molecular formula is C23H30O6. The number of aromatic carboxylic acids is 2. The first-order chi connectivity index (χ1) is 14.0. The summed E-state index contributed by atoms with van der Waals surface area (Å²) in [5, 5.41) is 34.6. The van der Waals surface area contributed by atoms with Crippen molar-refractivity contribution in [3.8, 4) is 0 Å². The van der Waals surface area contributed by atoms with E-state index >= 15 is 0 Å². The van der Waals surface area contributed by atoms with E-state index in [0.717, 1.165) is 0 Å². The van der Waals surface area contributed by atoms with Crippen LogP contribution in [0.4, 0.5) is 0 Å². The normalized spacial score (nSPS) is 13.5. The molecule has 0 bridgehead atoms. The second kappa shape index (κ2) is 14.3. The third-order valence-corrected chi connectivity index (χ3v) is 4.83. The van der Waals surface area contributed by atoms with Crippen LogP contribution in [0.5, 0.6) is 0 Å². The molecule has 3 rings (SSSR count). The summed E-state index contributed by atoms with van der Waals surface area (Å²) in [6.07, 6.45) is 6.29. The average Bonchev–Trinajstić information content (AvgIpc) is 2.77. The number of aliphatic hydroxyl groups is 2. The van der Waals surface area contributed by atoms with Crippen molar-refractivity contribution in [1.29, 1.82) is 0 Å². The minimum absolute atomic E-state index is 0.148. The van der Waals surface area contributed by atoms with Crippen LogP contribution in [-0.2, 0) is 0 Å². The smallest absolute Gasteiger partial charge is 0.335 e. The van der Waals surface area contributed by atoms with E-state index in [1.165, 1.54) is 32.1 Å². The van der Waals surface area contributed by atoms with Gasteiger partial charge >= 0.3 is 11.9 Å². The lowest BCUT2D eigenvalue weighted by Crippen LogP contribution is -2.24. The van der Waals surface area contributed by atoms with Crippen LogP contribution in [0.2, 0.25) is 0 Å². The zero-order valence-corrected chi connectivity index (χ0v) is 16.5. The fraction of sp³-hybridized carbons (Fsp3) is 0.391. The van der Waals surface area contributed by atoms with Crippen molar-refractivity contribution in [2.24, 2.45) is 11.8 Å². The Morgan fingerprint density at radius 3 is 1.38 bits per heavy atom. The molecule has 0 aliphatic heterocycles. The summed E-state index contributed by atoms with van der Waals surface area (Å²) in [6.45, 7) is 0.308. The molecule has 0 radical (unpaired) electrons. The molecule has 158 valence electrons. The molecule has 1 fully saturated rings. The quantitative estimate of drug-likeness (QED) is 0.602. The Labute approximate surface area is 171 Å². The Bertz CT molecular complexity index is 642. The zero-order valence-electron chi connectivity index (χ0n) is 16.5. The maximum atomic E-state index is 10.2. The van der Waals surface area contributed by atoms with E-state index in [0.29, 0.717) is 17.0 Å². The number of carbonyl (C=O) groups is 2. The van der Waals surface area contributed by atoms with Gasteiger partial charge in [0.05, 0.1) is 11.1 Å². The van der Waals surface area contributed by atoms with Gasteiger partial charge in [0, 0.05) is 19.1 Å². The first-order valence-corrected chi connectivity index (χ1v) is 9.78. The minimum Gasteiger partial charge on any atom is -0.478 e. The highest BCUT2D eigenvalue weighted by molar-refractivity contribution is 5.87. The Hall–Kier alpha value is -2.70. The maximum absolute atomic E-state index is 10.2. The number of hydrogen-bond acceptors (Lipinski definition) is 4. The molecule has 4 N–H and O–H groups in total. The van der Waals surface area contributed by atoms with E-state index < -0.39 is 11.9 Å². The number of hydrogen-bond donors (Lipinski definition) is 4. The molecular weight excluding hydrogens is 372 g/mol. The average molecular weight is 402 g/mol. The molecule has 2 aromatic carbocycles. The molecule has 0 amide bonds. The summed E-state index contributed by atoms with van der Waals surface area (Å²) in [7, 11) is 0. The Kier molecular flexibility index (Phi) is 12.0. The van der Waals surface area contributed by atoms with Gasteiger partial charge in [-0.25, -0.2) is 9.59 Å². The van der Waals surface area contributed by atoms with E-state index in [2.05, 4.69) is 0 Å². The van der Waals surface area contributed by atoms with Crippen LogP contribution >= 0.6 is 0 Å². The van der Waals surface area contributed by atoms with Crippen molar-refractivity contribution in [3.63, 3.8) is 0 Å². The van der Waals surface area contributed by atoms with E-state index in [-0.39, 0.29) is 19.1 Å². The van der Waals surface area contributed by atoms with Gasteiger partial charge in [-0.3, -0.25) is 0 Å². The highest BCUT2D eigenvalue weighted by Crippen LogP contribution is 2.29. The third kappa shape index (κ3) is 9.87. The van der Waals surface area contributed by atoms with Crippen molar-refractivity contribution >= 4 is 11.9 Å². The predicted octanol–water partition coefficient (Wildman–Crippen LogP) is 3.94. The Morgan fingerprint density at radius 1 is 0.724 bits per heavy atom. The second-order valence-electron chi connectivity index (χ2n) is 6.87. The van der Waals surface area contributed by atoms with Crippen molar-refractivity contribution in [2.45, 2.75) is 32.1 Å². The number of aliphatic hydroxyl groups excluding tert-OH is 2. The van der Waals surface area contributed by atoms with Crippen LogP contribution in [0.1, 0.15) is 52.8 Å². The molecule has 1 aliphatic rings. The molecule has 0 unspecified atom stereocenters. The van der Waals surface area contributed by atoms with Gasteiger partial charge in [0.15, 0.2) is 0 Å². The lowest BCUT2D eigenvalue weighted by atomic mass is 9.81. The van der Waals surface area contributed by atoms with Gasteiger partial charge in [-0.15, -0.1) is 0 Å². The molecule has 2 aromatic rings. The molecule has 0 atom stereocenters. The predicted molar refractivity (Wildman–Crippen MR) is 111 cm³/mol. The standard InChI is InChI=1S/C9H18O2.2C7H6O2/c10-6-9(7-11)8-4-2-1-3-5-8;2*8-7(9)6-4-2-1-3-5-6/h8-11H,1-7H2;2*1-5H,(H,8,9). The highest BCUT2D eigenvalue weighted by atomic mass is 16.4. The lowest BCUT2D eigenvalue weighted by Gasteiger charge is -2.27. The second-order valence-corrected chi connectivity index (χ2v) is 6.87. The van der Waals surface area contributed by atoms with Crippen molar-refractivity contribution in [2.75, 3.05) is 13.2 Å². The zero-order chi connectivity index (χ0) is 21.5. The van der Waals surface area contributed by atoms with E-state index in [4.69, 9.17) is 20.4 Å². The summed E-state index contributed by atoms with van der Waals surface area (Å²) in [5.74, 6) is -1.03. The largest absolute Gasteiger partial charge is 0.478 e. The molecule has 29 heavy (non-hydrogen) atoms. The van der Waals surface area contributed by atoms with E-state index in [1.54, 1.807) is 60.7 Å². The SMILES string of the molecule is O=C(O)c1ccccc1.O=C(O)c1ccccc1.OCC(CO)C1CCCCC1. The first-order valence-electron chi connectivity index (χ1n) is 9.78. The Balaban J connectivity index is 0.000000219. The molecule has 6 nitrogen and oxygen atoms in total. The van der Waals surface area contributed by atoms with Gasteiger partial charge in [-0.1, -0.05) is 68.5 Å². The van der Waals surface area contributed by atoms with Crippen molar-refractivity contribution in [1.82, 2.24) is 0 Å². The maximum Gasteiger partial charge on any atom is 0.335 e. The van der Waals surface area contributed by atoms with Crippen LogP contribution in [0.3, 0.4) is 0 Å². The summed E-state index contributed by atoms with van der Waals surface area (Å²) < 4.78 is 0. The fourth-order valence-corrected chi connectivity index (χ4v) is 3.12. The fourth-order valence-electron chi connectivity index (χ4n) is 3.12. The molecule has 1 saturated carbocycles. The number of benzene rings is 2. The molecule has 0 spiro atoms. The van der Waals surface area contributed by atoms with E-state index in [1.807, 2.05) is 0 Å². The minimum atomic E-state index is -0.879. The number of carboxylic acids is 2. The molecule has 0 aromatic heterocycles. The van der Waals surface area contributed by atoms with Crippen LogP contribution < -0.4 is 0 Å². The van der Waals surface area contributed by atoms with Gasteiger partial charge in [0.2, 0.25) is 0 Å². The topological polar surface area (TPSA) is 115 Å². The highest BCUT2D eigenvalue weighted by Gasteiger charge is 2.21. The van der Waals surface area contributed by atoms with Gasteiger partial charge in [-0.05, 0) is 30.2 Å². The van der Waals surface area contributed by atoms with Crippen LogP contribution in [0, 0.1) is 11.8 Å². The van der Waals surface area contributed by atoms with Crippen LogP contribution in [-0.4, -0.2) is 45.6 Å². The third-order valence-electron chi connectivity index (χ3n) is 4.83. The van der Waals surface area contributed by atoms with Crippen LogP contribution in [0.15, 0.2) is 60.7 Å². The lowest BCUT2D eigenvalue weighted by molar-refractivity contribution is 0.0686. The summed E-state index contributed by atoms with van der Waals surface area (Å²) >= 11 is 0. The van der Waals surface area contributed by atoms with E-state index in [9.17, 15) is 9.59 Å². The molecule has 0 saturated heterocycles. The molecule has 6 heteroatoms. The Morgan fingerprint density at radius 2 is 1.10 bits per heavy atom.